The van der Waals surface area contributed by atoms with Crippen LogP contribution >= 0.6 is 0 Å². The smallest absolute Gasteiger partial charge is 0.289 e. The normalized spacial score (nSPS) is 15.1. The van der Waals surface area contributed by atoms with Crippen molar-refractivity contribution in [3.8, 4) is 0 Å². The highest BCUT2D eigenvalue weighted by atomic mass is 16.3. The lowest BCUT2D eigenvalue weighted by atomic mass is 10.2. The summed E-state index contributed by atoms with van der Waals surface area (Å²) in [7, 11) is 0. The second-order valence-corrected chi connectivity index (χ2v) is 6.23. The SMILES string of the molecule is O=C(c1cc2ccccc2o1)N1CCN(c2ncnc3nc[nH]c23)CC1. The second-order valence-electron chi connectivity index (χ2n) is 6.23. The molecule has 26 heavy (non-hydrogen) atoms. The highest BCUT2D eigenvalue weighted by molar-refractivity contribution is 5.96. The van der Waals surface area contributed by atoms with Crippen molar-refractivity contribution in [2.45, 2.75) is 0 Å². The molecule has 8 heteroatoms. The molecule has 0 atom stereocenters. The number of piperazine rings is 1. The third-order valence-electron chi connectivity index (χ3n) is 4.71. The van der Waals surface area contributed by atoms with Crippen LogP contribution in [0.1, 0.15) is 10.6 Å². The fraction of sp³-hybridized carbons (Fsp3) is 0.222. The number of imidazole rings is 1. The number of anilines is 1. The summed E-state index contributed by atoms with van der Waals surface area (Å²) in [5, 5.41) is 0.942. The summed E-state index contributed by atoms with van der Waals surface area (Å²) in [6.07, 6.45) is 3.13. The Hall–Kier alpha value is -3.42. The van der Waals surface area contributed by atoms with Gasteiger partial charge in [-0.25, -0.2) is 15.0 Å². The van der Waals surface area contributed by atoms with E-state index in [-0.39, 0.29) is 5.91 Å². The van der Waals surface area contributed by atoms with Gasteiger partial charge in [0.05, 0.1) is 6.33 Å². The summed E-state index contributed by atoms with van der Waals surface area (Å²) in [6.45, 7) is 2.60. The zero-order chi connectivity index (χ0) is 17.5. The molecule has 1 aromatic carbocycles. The van der Waals surface area contributed by atoms with E-state index in [1.54, 1.807) is 6.33 Å². The number of H-pyrrole nitrogens is 1. The van der Waals surface area contributed by atoms with Crippen LogP contribution in [0.3, 0.4) is 0 Å². The molecule has 0 aliphatic carbocycles. The lowest BCUT2D eigenvalue weighted by molar-refractivity contribution is 0.0717. The van der Waals surface area contributed by atoms with Gasteiger partial charge < -0.3 is 19.2 Å². The van der Waals surface area contributed by atoms with E-state index in [9.17, 15) is 4.79 Å². The number of carbonyl (C=O) groups is 1. The van der Waals surface area contributed by atoms with Crippen molar-refractivity contribution in [2.75, 3.05) is 31.1 Å². The number of amides is 1. The number of hydrogen-bond donors (Lipinski definition) is 1. The highest BCUT2D eigenvalue weighted by Crippen LogP contribution is 2.23. The van der Waals surface area contributed by atoms with Gasteiger partial charge in [-0.05, 0) is 12.1 Å². The second kappa shape index (κ2) is 5.83. The number of nitrogens with one attached hydrogen (secondary N) is 1. The number of para-hydroxylation sites is 1. The van der Waals surface area contributed by atoms with Crippen molar-refractivity contribution >= 4 is 33.9 Å². The quantitative estimate of drug-likeness (QED) is 0.596. The number of rotatable bonds is 2. The molecule has 8 nitrogen and oxygen atoms in total. The maximum atomic E-state index is 12.8. The molecule has 0 unspecified atom stereocenters. The summed E-state index contributed by atoms with van der Waals surface area (Å²) in [5.74, 6) is 1.14. The van der Waals surface area contributed by atoms with Crippen LogP contribution in [-0.2, 0) is 0 Å². The number of aromatic amines is 1. The van der Waals surface area contributed by atoms with Gasteiger partial charge in [-0.15, -0.1) is 0 Å². The predicted molar refractivity (Wildman–Crippen MR) is 96.0 cm³/mol. The Bertz CT molecular complexity index is 1060. The van der Waals surface area contributed by atoms with Crippen LogP contribution in [0.4, 0.5) is 5.82 Å². The molecule has 1 amide bonds. The summed E-state index contributed by atoms with van der Waals surface area (Å²) < 4.78 is 5.70. The lowest BCUT2D eigenvalue weighted by Gasteiger charge is -2.35. The summed E-state index contributed by atoms with van der Waals surface area (Å²) >= 11 is 0. The molecule has 1 aliphatic heterocycles. The first-order valence-corrected chi connectivity index (χ1v) is 8.46. The minimum atomic E-state index is -0.0739. The number of fused-ring (bicyclic) bond motifs is 2. The molecule has 0 spiro atoms. The van der Waals surface area contributed by atoms with Crippen LogP contribution in [-0.4, -0.2) is 56.9 Å². The van der Waals surface area contributed by atoms with E-state index in [0.29, 0.717) is 37.6 Å². The van der Waals surface area contributed by atoms with Gasteiger partial charge in [0.1, 0.15) is 17.4 Å². The Labute approximate surface area is 148 Å². The maximum Gasteiger partial charge on any atom is 0.289 e. The number of hydrogen-bond acceptors (Lipinski definition) is 6. The third kappa shape index (κ3) is 2.38. The van der Waals surface area contributed by atoms with Crippen molar-refractivity contribution in [3.05, 3.63) is 48.7 Å². The molecule has 1 fully saturated rings. The number of nitrogens with zero attached hydrogens (tertiary/aromatic N) is 5. The van der Waals surface area contributed by atoms with E-state index >= 15 is 0 Å². The first-order chi connectivity index (χ1) is 12.8. The van der Waals surface area contributed by atoms with E-state index < -0.39 is 0 Å². The number of aromatic nitrogens is 4. The van der Waals surface area contributed by atoms with Crippen LogP contribution in [0.15, 0.2) is 47.4 Å². The van der Waals surface area contributed by atoms with Crippen molar-refractivity contribution < 1.29 is 9.21 Å². The van der Waals surface area contributed by atoms with Crippen LogP contribution in [0.5, 0.6) is 0 Å². The molecule has 4 heterocycles. The Morgan fingerprint density at radius 2 is 1.92 bits per heavy atom. The van der Waals surface area contributed by atoms with Crippen LogP contribution in [0.2, 0.25) is 0 Å². The third-order valence-corrected chi connectivity index (χ3v) is 4.71. The van der Waals surface area contributed by atoms with Gasteiger partial charge in [0, 0.05) is 31.6 Å². The van der Waals surface area contributed by atoms with Gasteiger partial charge in [0.2, 0.25) is 0 Å². The molecule has 130 valence electrons. The fourth-order valence-corrected chi connectivity index (χ4v) is 3.36. The van der Waals surface area contributed by atoms with Gasteiger partial charge in [0.15, 0.2) is 17.2 Å². The lowest BCUT2D eigenvalue weighted by Crippen LogP contribution is -2.49. The van der Waals surface area contributed by atoms with Crippen LogP contribution in [0.25, 0.3) is 22.1 Å². The topological polar surface area (TPSA) is 91.2 Å². The molecule has 1 aliphatic rings. The number of carbonyl (C=O) groups excluding carboxylic acids is 1. The summed E-state index contributed by atoms with van der Waals surface area (Å²) in [4.78, 5) is 32.5. The van der Waals surface area contributed by atoms with Gasteiger partial charge in [-0.1, -0.05) is 18.2 Å². The molecular formula is C18H16N6O2. The first-order valence-electron chi connectivity index (χ1n) is 8.46. The molecule has 1 N–H and O–H groups in total. The number of benzene rings is 1. The average Bonchev–Trinajstić information content (AvgIpc) is 3.34. The zero-order valence-electron chi connectivity index (χ0n) is 13.9. The molecule has 0 saturated carbocycles. The van der Waals surface area contributed by atoms with Gasteiger partial charge in [-0.2, -0.15) is 0 Å². The minimum absolute atomic E-state index is 0.0739. The van der Waals surface area contributed by atoms with E-state index in [1.165, 1.54) is 6.33 Å². The Morgan fingerprint density at radius 3 is 2.77 bits per heavy atom. The van der Waals surface area contributed by atoms with E-state index in [1.807, 2.05) is 35.2 Å². The maximum absolute atomic E-state index is 12.8. The molecule has 0 radical (unpaired) electrons. The highest BCUT2D eigenvalue weighted by Gasteiger charge is 2.26. The Kier molecular flexibility index (Phi) is 3.34. The predicted octanol–water partition coefficient (Wildman–Crippen LogP) is 2.06. The van der Waals surface area contributed by atoms with E-state index in [2.05, 4.69) is 24.8 Å². The zero-order valence-corrected chi connectivity index (χ0v) is 13.9. The monoisotopic (exact) mass is 348 g/mol. The molecule has 1 saturated heterocycles. The van der Waals surface area contributed by atoms with Crippen molar-refractivity contribution in [2.24, 2.45) is 0 Å². The standard InChI is InChI=1S/C18H16N6O2/c25-18(14-9-12-3-1-2-4-13(12)26-14)24-7-5-23(6-8-24)17-15-16(20-10-19-15)21-11-22-17/h1-4,9-11H,5-8H2,(H,19,20,21,22). The minimum Gasteiger partial charge on any atom is -0.451 e. The van der Waals surface area contributed by atoms with Gasteiger partial charge >= 0.3 is 0 Å². The van der Waals surface area contributed by atoms with Crippen molar-refractivity contribution in [1.29, 1.82) is 0 Å². The van der Waals surface area contributed by atoms with E-state index in [4.69, 9.17) is 4.42 Å². The molecule has 5 rings (SSSR count). The van der Waals surface area contributed by atoms with Gasteiger partial charge in [-0.3, -0.25) is 4.79 Å². The van der Waals surface area contributed by atoms with Gasteiger partial charge in [0.25, 0.3) is 5.91 Å². The Morgan fingerprint density at radius 1 is 1.08 bits per heavy atom. The van der Waals surface area contributed by atoms with Crippen molar-refractivity contribution in [1.82, 2.24) is 24.8 Å². The number of furan rings is 1. The molecule has 4 aromatic rings. The summed E-state index contributed by atoms with van der Waals surface area (Å²) in [5.41, 5.74) is 2.21. The Balaban J connectivity index is 1.33. The largest absolute Gasteiger partial charge is 0.451 e. The molecular weight excluding hydrogens is 332 g/mol. The summed E-state index contributed by atoms with van der Waals surface area (Å²) in [6, 6.07) is 9.45. The van der Waals surface area contributed by atoms with Crippen LogP contribution < -0.4 is 4.90 Å². The average molecular weight is 348 g/mol. The molecule has 0 bridgehead atoms. The van der Waals surface area contributed by atoms with Crippen LogP contribution in [0, 0.1) is 0 Å². The first kappa shape index (κ1) is 14.9. The van der Waals surface area contributed by atoms with E-state index in [0.717, 1.165) is 22.3 Å². The molecule has 3 aromatic heterocycles. The van der Waals surface area contributed by atoms with Crippen molar-refractivity contribution in [3.63, 3.8) is 0 Å². The fourth-order valence-electron chi connectivity index (χ4n) is 3.36.